The van der Waals surface area contributed by atoms with E-state index in [0.29, 0.717) is 4.90 Å². The lowest BCUT2D eigenvalue weighted by atomic mass is 10.2. The van der Waals surface area contributed by atoms with Crippen molar-refractivity contribution in [2.24, 2.45) is 0 Å². The standard InChI is InChI=1S/C11H12O4S/c1-7(6-10(12)13)16-9-5-3-2-4-8(9)11(14)15/h2-5,7H,6H2,1H3,(H,12,13)(H,14,15). The van der Waals surface area contributed by atoms with Crippen molar-refractivity contribution >= 4 is 23.7 Å². The van der Waals surface area contributed by atoms with Crippen molar-refractivity contribution in [3.63, 3.8) is 0 Å². The van der Waals surface area contributed by atoms with Gasteiger partial charge in [-0.05, 0) is 12.1 Å². The summed E-state index contributed by atoms with van der Waals surface area (Å²) in [4.78, 5) is 22.0. The highest BCUT2D eigenvalue weighted by Crippen LogP contribution is 2.28. The van der Waals surface area contributed by atoms with Crippen LogP contribution in [0.3, 0.4) is 0 Å². The van der Waals surface area contributed by atoms with Crippen molar-refractivity contribution in [1.82, 2.24) is 0 Å². The summed E-state index contributed by atoms with van der Waals surface area (Å²) in [5.41, 5.74) is 0.213. The van der Waals surface area contributed by atoms with Gasteiger partial charge in [0.05, 0.1) is 12.0 Å². The number of thioether (sulfide) groups is 1. The van der Waals surface area contributed by atoms with Gasteiger partial charge in [0, 0.05) is 10.1 Å². The fraction of sp³-hybridized carbons (Fsp3) is 0.273. The molecule has 0 aromatic heterocycles. The van der Waals surface area contributed by atoms with Gasteiger partial charge in [0.1, 0.15) is 0 Å². The zero-order chi connectivity index (χ0) is 12.1. The Morgan fingerprint density at radius 1 is 1.31 bits per heavy atom. The summed E-state index contributed by atoms with van der Waals surface area (Å²) in [6.07, 6.45) is 0.0125. The second kappa shape index (κ2) is 5.55. The van der Waals surface area contributed by atoms with Gasteiger partial charge < -0.3 is 10.2 Å². The average molecular weight is 240 g/mol. The monoisotopic (exact) mass is 240 g/mol. The van der Waals surface area contributed by atoms with Crippen molar-refractivity contribution in [3.05, 3.63) is 29.8 Å². The molecule has 4 nitrogen and oxygen atoms in total. The molecule has 1 aromatic rings. The molecule has 0 fully saturated rings. The van der Waals surface area contributed by atoms with Gasteiger partial charge in [-0.2, -0.15) is 0 Å². The molecule has 0 aliphatic rings. The van der Waals surface area contributed by atoms with Crippen molar-refractivity contribution in [2.75, 3.05) is 0 Å². The van der Waals surface area contributed by atoms with Crippen LogP contribution >= 0.6 is 11.8 Å². The molecule has 0 aliphatic heterocycles. The Morgan fingerprint density at radius 2 is 1.94 bits per heavy atom. The molecular formula is C11H12O4S. The van der Waals surface area contributed by atoms with Crippen LogP contribution in [0.4, 0.5) is 0 Å². The van der Waals surface area contributed by atoms with Gasteiger partial charge >= 0.3 is 11.9 Å². The zero-order valence-electron chi connectivity index (χ0n) is 8.71. The number of hydrogen-bond donors (Lipinski definition) is 2. The van der Waals surface area contributed by atoms with E-state index in [1.807, 2.05) is 0 Å². The number of carbonyl (C=O) groups is 2. The summed E-state index contributed by atoms with van der Waals surface area (Å²) in [7, 11) is 0. The summed E-state index contributed by atoms with van der Waals surface area (Å²) in [5.74, 6) is -1.88. The first-order valence-electron chi connectivity index (χ1n) is 4.71. The van der Waals surface area contributed by atoms with Gasteiger partial charge in [-0.1, -0.05) is 19.1 Å². The van der Waals surface area contributed by atoms with Crippen LogP contribution in [0.1, 0.15) is 23.7 Å². The summed E-state index contributed by atoms with van der Waals surface area (Å²) < 4.78 is 0. The molecule has 5 heteroatoms. The first-order chi connectivity index (χ1) is 7.50. The van der Waals surface area contributed by atoms with Crippen molar-refractivity contribution in [1.29, 1.82) is 0 Å². The summed E-state index contributed by atoms with van der Waals surface area (Å²) in [6.45, 7) is 1.76. The molecule has 0 radical (unpaired) electrons. The smallest absolute Gasteiger partial charge is 0.336 e. The van der Waals surface area contributed by atoms with Crippen LogP contribution in [0.15, 0.2) is 29.2 Å². The van der Waals surface area contributed by atoms with Crippen molar-refractivity contribution in [3.8, 4) is 0 Å². The SMILES string of the molecule is CC(CC(=O)O)Sc1ccccc1C(=O)O. The Bertz CT molecular complexity index is 403. The maximum absolute atomic E-state index is 10.9. The maximum atomic E-state index is 10.9. The van der Waals surface area contributed by atoms with Crippen LogP contribution in [0.2, 0.25) is 0 Å². The van der Waals surface area contributed by atoms with Crippen molar-refractivity contribution in [2.45, 2.75) is 23.5 Å². The Kier molecular flexibility index (Phi) is 4.37. The van der Waals surface area contributed by atoms with Gasteiger partial charge in [0.2, 0.25) is 0 Å². The fourth-order valence-electron chi connectivity index (χ4n) is 1.25. The molecule has 2 N–H and O–H groups in total. The molecule has 86 valence electrons. The van der Waals surface area contributed by atoms with E-state index in [1.54, 1.807) is 25.1 Å². The summed E-state index contributed by atoms with van der Waals surface area (Å²) in [6, 6.07) is 6.59. The third-order valence-corrected chi connectivity index (χ3v) is 3.09. The third-order valence-electron chi connectivity index (χ3n) is 1.91. The number of rotatable bonds is 5. The molecular weight excluding hydrogens is 228 g/mol. The minimum absolute atomic E-state index is 0.0125. The first-order valence-corrected chi connectivity index (χ1v) is 5.59. The molecule has 0 amide bonds. The second-order valence-corrected chi connectivity index (χ2v) is 4.81. The van der Waals surface area contributed by atoms with Crippen LogP contribution in [0.25, 0.3) is 0 Å². The van der Waals surface area contributed by atoms with Crippen molar-refractivity contribution < 1.29 is 19.8 Å². The van der Waals surface area contributed by atoms with E-state index in [4.69, 9.17) is 10.2 Å². The van der Waals surface area contributed by atoms with E-state index in [9.17, 15) is 9.59 Å². The highest BCUT2D eigenvalue weighted by atomic mass is 32.2. The van der Waals surface area contributed by atoms with Gasteiger partial charge in [0.15, 0.2) is 0 Å². The van der Waals surface area contributed by atoms with Crippen LogP contribution in [-0.4, -0.2) is 27.4 Å². The quantitative estimate of drug-likeness (QED) is 0.773. The fourth-order valence-corrected chi connectivity index (χ4v) is 2.35. The number of carboxylic acids is 2. The number of carboxylic acid groups (broad SMARTS) is 2. The molecule has 0 bridgehead atoms. The van der Waals surface area contributed by atoms with E-state index < -0.39 is 11.9 Å². The number of benzene rings is 1. The number of hydrogen-bond acceptors (Lipinski definition) is 3. The highest BCUT2D eigenvalue weighted by Gasteiger charge is 2.14. The lowest BCUT2D eigenvalue weighted by Crippen LogP contribution is -2.07. The highest BCUT2D eigenvalue weighted by molar-refractivity contribution is 8.00. The van der Waals surface area contributed by atoms with Gasteiger partial charge in [-0.25, -0.2) is 4.79 Å². The Labute approximate surface area is 97.3 Å². The summed E-state index contributed by atoms with van der Waals surface area (Å²) in [5, 5.41) is 17.4. The third kappa shape index (κ3) is 3.58. The lowest BCUT2D eigenvalue weighted by Gasteiger charge is -2.10. The van der Waals surface area contributed by atoms with E-state index in [0.717, 1.165) is 0 Å². The molecule has 1 aromatic carbocycles. The van der Waals surface area contributed by atoms with Gasteiger partial charge in [-0.15, -0.1) is 11.8 Å². The van der Waals surface area contributed by atoms with Crippen LogP contribution in [-0.2, 0) is 4.79 Å². The van der Waals surface area contributed by atoms with E-state index in [2.05, 4.69) is 0 Å². The Hall–Kier alpha value is -1.49. The Balaban J connectivity index is 2.80. The average Bonchev–Trinajstić information content (AvgIpc) is 2.16. The number of aliphatic carboxylic acids is 1. The topological polar surface area (TPSA) is 74.6 Å². The predicted molar refractivity (Wildman–Crippen MR) is 61.0 cm³/mol. The zero-order valence-corrected chi connectivity index (χ0v) is 9.53. The maximum Gasteiger partial charge on any atom is 0.336 e. The van der Waals surface area contributed by atoms with Crippen LogP contribution in [0, 0.1) is 0 Å². The van der Waals surface area contributed by atoms with E-state index in [-0.39, 0.29) is 17.2 Å². The molecule has 0 heterocycles. The first kappa shape index (κ1) is 12.6. The molecule has 1 rings (SSSR count). The van der Waals surface area contributed by atoms with E-state index >= 15 is 0 Å². The Morgan fingerprint density at radius 3 is 2.50 bits per heavy atom. The van der Waals surface area contributed by atoms with E-state index in [1.165, 1.54) is 17.8 Å². The molecule has 1 unspecified atom stereocenters. The van der Waals surface area contributed by atoms with Crippen LogP contribution < -0.4 is 0 Å². The molecule has 0 saturated carbocycles. The van der Waals surface area contributed by atoms with Gasteiger partial charge in [-0.3, -0.25) is 4.79 Å². The van der Waals surface area contributed by atoms with Crippen LogP contribution in [0.5, 0.6) is 0 Å². The van der Waals surface area contributed by atoms with Gasteiger partial charge in [0.25, 0.3) is 0 Å². The molecule has 0 aliphatic carbocycles. The molecule has 1 atom stereocenters. The minimum Gasteiger partial charge on any atom is -0.481 e. The molecule has 0 spiro atoms. The minimum atomic E-state index is -0.995. The summed E-state index contributed by atoms with van der Waals surface area (Å²) >= 11 is 1.27. The molecule has 16 heavy (non-hydrogen) atoms. The number of aromatic carboxylic acids is 1. The largest absolute Gasteiger partial charge is 0.481 e. The normalized spacial score (nSPS) is 12.1. The second-order valence-electron chi connectivity index (χ2n) is 3.33. The lowest BCUT2D eigenvalue weighted by molar-refractivity contribution is -0.136. The molecule has 0 saturated heterocycles. The predicted octanol–water partition coefficient (Wildman–Crippen LogP) is 2.34.